The highest BCUT2D eigenvalue weighted by molar-refractivity contribution is 5.94. The summed E-state index contributed by atoms with van der Waals surface area (Å²) in [6, 6.07) is 11.4. The molecule has 3 aromatic rings. The van der Waals surface area contributed by atoms with Crippen LogP contribution in [0.2, 0.25) is 0 Å². The van der Waals surface area contributed by atoms with Crippen molar-refractivity contribution in [2.75, 3.05) is 6.54 Å². The van der Waals surface area contributed by atoms with Crippen LogP contribution < -0.4 is 0 Å². The SMILES string of the molecule is O=C(c1cccnc1)N1CCCCC[C@@H]1c1cc(-c2ccc(F)cc2)on1. The average Bonchev–Trinajstić information content (AvgIpc) is 3.06. The van der Waals surface area contributed by atoms with E-state index >= 15 is 0 Å². The van der Waals surface area contributed by atoms with E-state index in [0.717, 1.165) is 36.9 Å². The second-order valence-corrected chi connectivity index (χ2v) is 6.73. The van der Waals surface area contributed by atoms with Gasteiger partial charge in [0.1, 0.15) is 11.5 Å². The largest absolute Gasteiger partial charge is 0.356 e. The van der Waals surface area contributed by atoms with Gasteiger partial charge in [0.2, 0.25) is 0 Å². The highest BCUT2D eigenvalue weighted by atomic mass is 19.1. The first-order chi connectivity index (χ1) is 13.2. The Labute approximate surface area is 156 Å². The normalized spacial score (nSPS) is 17.5. The molecule has 0 N–H and O–H groups in total. The summed E-state index contributed by atoms with van der Waals surface area (Å²) >= 11 is 0. The van der Waals surface area contributed by atoms with Gasteiger partial charge in [-0.05, 0) is 49.2 Å². The molecule has 1 aromatic carbocycles. The molecule has 6 heteroatoms. The number of amides is 1. The first-order valence-electron chi connectivity index (χ1n) is 9.16. The average molecular weight is 365 g/mol. The summed E-state index contributed by atoms with van der Waals surface area (Å²) < 4.78 is 18.6. The fraction of sp³-hybridized carbons (Fsp3) is 0.286. The zero-order valence-electron chi connectivity index (χ0n) is 14.8. The molecule has 5 nitrogen and oxygen atoms in total. The van der Waals surface area contributed by atoms with E-state index in [0.29, 0.717) is 17.9 Å². The van der Waals surface area contributed by atoms with Crippen molar-refractivity contribution in [3.8, 4) is 11.3 Å². The maximum atomic E-state index is 13.1. The third kappa shape index (κ3) is 3.74. The van der Waals surface area contributed by atoms with Crippen LogP contribution in [-0.2, 0) is 0 Å². The van der Waals surface area contributed by atoms with Crippen LogP contribution in [0.4, 0.5) is 4.39 Å². The predicted octanol–water partition coefficient (Wildman–Crippen LogP) is 4.63. The topological polar surface area (TPSA) is 59.2 Å². The van der Waals surface area contributed by atoms with Gasteiger partial charge >= 0.3 is 0 Å². The molecular weight excluding hydrogens is 345 g/mol. The minimum atomic E-state index is -0.296. The number of rotatable bonds is 3. The molecule has 1 saturated heterocycles. The van der Waals surface area contributed by atoms with Crippen LogP contribution in [-0.4, -0.2) is 27.5 Å². The molecule has 0 saturated carbocycles. The number of aromatic nitrogens is 2. The summed E-state index contributed by atoms with van der Waals surface area (Å²) in [5.74, 6) is 0.236. The van der Waals surface area contributed by atoms with Crippen molar-refractivity contribution in [3.05, 3.63) is 71.9 Å². The van der Waals surface area contributed by atoms with Crippen molar-refractivity contribution < 1.29 is 13.7 Å². The third-order valence-corrected chi connectivity index (χ3v) is 4.92. The van der Waals surface area contributed by atoms with Crippen LogP contribution in [0.25, 0.3) is 11.3 Å². The number of hydrogen-bond donors (Lipinski definition) is 0. The van der Waals surface area contributed by atoms with Crippen LogP contribution in [0.3, 0.4) is 0 Å². The Morgan fingerprint density at radius 1 is 1.15 bits per heavy atom. The zero-order valence-corrected chi connectivity index (χ0v) is 14.8. The number of hydrogen-bond acceptors (Lipinski definition) is 4. The van der Waals surface area contributed by atoms with Gasteiger partial charge in [0.05, 0.1) is 11.6 Å². The summed E-state index contributed by atoms with van der Waals surface area (Å²) in [7, 11) is 0. The monoisotopic (exact) mass is 365 g/mol. The fourth-order valence-corrected chi connectivity index (χ4v) is 3.51. The van der Waals surface area contributed by atoms with Gasteiger partial charge in [-0.25, -0.2) is 4.39 Å². The Morgan fingerprint density at radius 3 is 2.78 bits per heavy atom. The number of carbonyl (C=O) groups is 1. The van der Waals surface area contributed by atoms with Crippen molar-refractivity contribution >= 4 is 5.91 Å². The van der Waals surface area contributed by atoms with Crippen molar-refractivity contribution in [1.29, 1.82) is 0 Å². The molecule has 0 aliphatic carbocycles. The van der Waals surface area contributed by atoms with E-state index in [2.05, 4.69) is 10.1 Å². The minimum absolute atomic E-state index is 0.0404. The Balaban J connectivity index is 1.63. The Bertz CT molecular complexity index is 909. The van der Waals surface area contributed by atoms with Gasteiger partial charge in [-0.1, -0.05) is 18.0 Å². The fourth-order valence-electron chi connectivity index (χ4n) is 3.51. The molecule has 2 aromatic heterocycles. The van der Waals surface area contributed by atoms with E-state index in [1.165, 1.54) is 12.1 Å². The van der Waals surface area contributed by atoms with Gasteiger partial charge in [0.25, 0.3) is 5.91 Å². The van der Waals surface area contributed by atoms with Crippen molar-refractivity contribution in [1.82, 2.24) is 15.0 Å². The maximum Gasteiger partial charge on any atom is 0.255 e. The molecule has 0 radical (unpaired) electrons. The van der Waals surface area contributed by atoms with Gasteiger partial charge in [0.15, 0.2) is 5.76 Å². The number of pyridine rings is 1. The lowest BCUT2D eigenvalue weighted by Crippen LogP contribution is -2.35. The highest BCUT2D eigenvalue weighted by Crippen LogP contribution is 2.33. The molecular formula is C21H20FN3O2. The number of halogens is 1. The number of benzene rings is 1. The molecule has 4 rings (SSSR count). The minimum Gasteiger partial charge on any atom is -0.356 e. The molecule has 1 fully saturated rings. The van der Waals surface area contributed by atoms with Gasteiger partial charge in [-0.2, -0.15) is 0 Å². The first kappa shape index (κ1) is 17.4. The molecule has 27 heavy (non-hydrogen) atoms. The van der Waals surface area contributed by atoms with Gasteiger partial charge in [0, 0.05) is 30.6 Å². The summed E-state index contributed by atoms with van der Waals surface area (Å²) in [6.45, 7) is 0.678. The van der Waals surface area contributed by atoms with Gasteiger partial charge in [-0.3, -0.25) is 9.78 Å². The standard InChI is InChI=1S/C21H20FN3O2/c22-17-9-7-15(8-10-17)20-13-18(24-27-20)19-6-2-1-3-12-25(19)21(26)16-5-4-11-23-14-16/h4-5,7-11,13-14,19H,1-3,6,12H2/t19-/m1/s1. The van der Waals surface area contributed by atoms with Crippen LogP contribution in [0.15, 0.2) is 59.4 Å². The Hall–Kier alpha value is -3.02. The van der Waals surface area contributed by atoms with Gasteiger partial charge < -0.3 is 9.42 Å². The summed E-state index contributed by atoms with van der Waals surface area (Å²) in [6.07, 6.45) is 7.16. The third-order valence-electron chi connectivity index (χ3n) is 4.92. The molecule has 1 aliphatic rings. The van der Waals surface area contributed by atoms with E-state index < -0.39 is 0 Å². The van der Waals surface area contributed by atoms with E-state index in [4.69, 9.17) is 4.52 Å². The van der Waals surface area contributed by atoms with E-state index in [1.54, 1.807) is 36.7 Å². The van der Waals surface area contributed by atoms with Crippen LogP contribution in [0.5, 0.6) is 0 Å². The lowest BCUT2D eigenvalue weighted by atomic mass is 10.0. The molecule has 1 atom stereocenters. The Kier molecular flexibility index (Phi) is 4.96. The Morgan fingerprint density at radius 2 is 2.00 bits per heavy atom. The van der Waals surface area contributed by atoms with Gasteiger partial charge in [-0.15, -0.1) is 0 Å². The van der Waals surface area contributed by atoms with E-state index in [9.17, 15) is 9.18 Å². The summed E-state index contributed by atoms with van der Waals surface area (Å²) in [5.41, 5.74) is 2.06. The smallest absolute Gasteiger partial charge is 0.255 e. The zero-order chi connectivity index (χ0) is 18.6. The molecule has 0 spiro atoms. The summed E-state index contributed by atoms with van der Waals surface area (Å²) in [4.78, 5) is 19.0. The molecule has 0 unspecified atom stereocenters. The maximum absolute atomic E-state index is 13.1. The number of likely N-dealkylation sites (tertiary alicyclic amines) is 1. The van der Waals surface area contributed by atoms with Crippen LogP contribution in [0, 0.1) is 5.82 Å². The molecule has 0 bridgehead atoms. The van der Waals surface area contributed by atoms with Crippen LogP contribution >= 0.6 is 0 Å². The highest BCUT2D eigenvalue weighted by Gasteiger charge is 2.30. The molecule has 3 heterocycles. The van der Waals surface area contributed by atoms with Crippen LogP contribution in [0.1, 0.15) is 47.8 Å². The van der Waals surface area contributed by atoms with Crippen molar-refractivity contribution in [2.45, 2.75) is 31.7 Å². The first-order valence-corrected chi connectivity index (χ1v) is 9.16. The summed E-state index contributed by atoms with van der Waals surface area (Å²) in [5, 5.41) is 4.23. The molecule has 1 aliphatic heterocycles. The molecule has 138 valence electrons. The second-order valence-electron chi connectivity index (χ2n) is 6.73. The van der Waals surface area contributed by atoms with Crippen molar-refractivity contribution in [2.24, 2.45) is 0 Å². The van der Waals surface area contributed by atoms with Crippen molar-refractivity contribution in [3.63, 3.8) is 0 Å². The second kappa shape index (κ2) is 7.70. The number of nitrogens with zero attached hydrogens (tertiary/aromatic N) is 3. The quantitative estimate of drug-likeness (QED) is 0.679. The van der Waals surface area contributed by atoms with E-state index in [-0.39, 0.29) is 17.8 Å². The lowest BCUT2D eigenvalue weighted by molar-refractivity contribution is 0.0673. The molecule has 1 amide bonds. The van der Waals surface area contributed by atoms with E-state index in [1.807, 2.05) is 11.0 Å². The number of carbonyl (C=O) groups excluding carboxylic acids is 1. The lowest BCUT2D eigenvalue weighted by Gasteiger charge is -2.28. The predicted molar refractivity (Wildman–Crippen MR) is 98.4 cm³/mol.